The van der Waals surface area contributed by atoms with Gasteiger partial charge < -0.3 is 24.8 Å². The number of hydrogen-bond acceptors (Lipinski definition) is 1. The first-order valence-corrected chi connectivity index (χ1v) is 5.15. The van der Waals surface area contributed by atoms with Crippen molar-refractivity contribution in [1.82, 2.24) is 4.90 Å². The number of nitrogens with zero attached hydrogens (tertiary/aromatic N) is 1. The average Bonchev–Trinajstić information content (AvgIpc) is 2.03. The van der Waals surface area contributed by atoms with Crippen molar-refractivity contribution in [2.45, 2.75) is 0 Å². The Balaban J connectivity index is 0. The Bertz CT molecular complexity index is 204. The van der Waals surface area contributed by atoms with Crippen LogP contribution in [0, 0.1) is 0 Å². The zero-order valence-corrected chi connectivity index (χ0v) is 10.5. The fourth-order valence-electron chi connectivity index (χ4n) is 0.720. The van der Waals surface area contributed by atoms with Gasteiger partial charge in [-0.05, 0) is 0 Å². The van der Waals surface area contributed by atoms with Crippen LogP contribution >= 0.6 is 0 Å². The van der Waals surface area contributed by atoms with Gasteiger partial charge in [0.1, 0.15) is 0 Å². The van der Waals surface area contributed by atoms with Gasteiger partial charge in [-0.1, -0.05) is 0 Å². The van der Waals surface area contributed by atoms with E-state index in [0.29, 0.717) is 15.2 Å². The summed E-state index contributed by atoms with van der Waals surface area (Å²) in [6.45, 7) is 0. The molecule has 0 unspecified atom stereocenters. The third kappa shape index (κ3) is 7.37. The number of hydrogen-bond donors (Lipinski definition) is 0. The summed E-state index contributed by atoms with van der Waals surface area (Å²) >= 11 is 0.616. The molecule has 0 atom stereocenters. The molecule has 0 amide bonds. The van der Waals surface area contributed by atoms with Crippen LogP contribution in [0.15, 0.2) is 30.3 Å². The van der Waals surface area contributed by atoms with Gasteiger partial charge in [-0.25, -0.2) is 0 Å². The second-order valence-electron chi connectivity index (χ2n) is 2.67. The van der Waals surface area contributed by atoms with E-state index in [1.54, 1.807) is 0 Å². The van der Waals surface area contributed by atoms with Crippen molar-refractivity contribution in [2.75, 3.05) is 19.5 Å². The van der Waals surface area contributed by atoms with Crippen LogP contribution in [0.2, 0.25) is 0 Å². The first-order chi connectivity index (χ1) is 5.29. The van der Waals surface area contributed by atoms with Crippen LogP contribution in [-0.4, -0.2) is 24.4 Å². The Kier molecular flexibility index (Phi) is 10.7. The maximum absolute atomic E-state index is 2.23. The molecule has 1 aromatic rings. The van der Waals surface area contributed by atoms with Crippen LogP contribution in [0.1, 0.15) is 0 Å². The van der Waals surface area contributed by atoms with E-state index in [1.807, 2.05) is 0 Å². The summed E-state index contributed by atoms with van der Waals surface area (Å²) in [5, 5.41) is 1.19. The van der Waals surface area contributed by atoms with E-state index in [2.05, 4.69) is 49.3 Å². The third-order valence-corrected chi connectivity index (χ3v) is 3.19. The normalized spacial score (nSPS) is 8.54. The molecule has 4 heteroatoms. The summed E-state index contributed by atoms with van der Waals surface area (Å²) in [6.07, 6.45) is 0. The number of rotatable bonds is 3. The van der Waals surface area contributed by atoms with Gasteiger partial charge in [0, 0.05) is 0 Å². The topological polar surface area (TPSA) is 3.24 Å². The van der Waals surface area contributed by atoms with Crippen molar-refractivity contribution in [3.8, 4) is 0 Å². The third-order valence-electron chi connectivity index (χ3n) is 1.23. The van der Waals surface area contributed by atoms with E-state index in [0.717, 1.165) is 0 Å². The predicted octanol–water partition coefficient (Wildman–Crippen LogP) is -5.08. The first-order valence-electron chi connectivity index (χ1n) is 3.61. The largest absolute Gasteiger partial charge is 1.00 e. The summed E-state index contributed by atoms with van der Waals surface area (Å²) in [4.78, 5) is 2.23. The molecule has 0 radical (unpaired) electrons. The number of halogens is 2. The van der Waals surface area contributed by atoms with E-state index in [-0.39, 0.29) is 24.8 Å². The van der Waals surface area contributed by atoms with Crippen LogP contribution in [-0.2, 0) is 15.2 Å². The molecule has 0 spiro atoms. The molecule has 0 aliphatic heterocycles. The van der Waals surface area contributed by atoms with Crippen molar-refractivity contribution in [1.29, 1.82) is 0 Å². The van der Waals surface area contributed by atoms with Crippen LogP contribution in [0.3, 0.4) is 0 Å². The van der Waals surface area contributed by atoms with E-state index in [9.17, 15) is 0 Å². The Morgan fingerprint density at radius 3 is 2.08 bits per heavy atom. The maximum Gasteiger partial charge on any atom is -1.00 e. The average molecular weight is 258 g/mol. The van der Waals surface area contributed by atoms with Crippen molar-refractivity contribution < 1.29 is 40.0 Å². The van der Waals surface area contributed by atoms with Crippen molar-refractivity contribution in [3.63, 3.8) is 0 Å². The molecule has 13 heavy (non-hydrogen) atoms. The quantitative estimate of drug-likeness (QED) is 0.524. The molecule has 0 aliphatic carbocycles. The molecule has 0 saturated carbocycles. The molecule has 0 bridgehead atoms. The van der Waals surface area contributed by atoms with E-state index in [1.165, 1.54) is 9.83 Å². The molecule has 0 aliphatic rings. The van der Waals surface area contributed by atoms with Crippen LogP contribution in [0.5, 0.6) is 0 Å². The predicted molar refractivity (Wildman–Crippen MR) is 44.6 cm³/mol. The van der Waals surface area contributed by atoms with Gasteiger partial charge in [0.2, 0.25) is 0 Å². The van der Waals surface area contributed by atoms with Crippen molar-refractivity contribution in [2.24, 2.45) is 0 Å². The van der Waals surface area contributed by atoms with Crippen molar-refractivity contribution >= 4 is 4.43 Å². The maximum atomic E-state index is 2.23. The molecule has 0 saturated heterocycles. The minimum atomic E-state index is 0. The minimum Gasteiger partial charge on any atom is -1.00 e. The van der Waals surface area contributed by atoms with Crippen LogP contribution in [0.4, 0.5) is 0 Å². The summed E-state index contributed by atoms with van der Waals surface area (Å²) in [5.74, 6) is 0. The smallest absolute Gasteiger partial charge is 1.00 e. The molecule has 1 rings (SSSR count). The van der Waals surface area contributed by atoms with Gasteiger partial charge in [-0.15, -0.1) is 0 Å². The molecule has 0 aromatic heterocycles. The van der Waals surface area contributed by atoms with Gasteiger partial charge in [-0.3, -0.25) is 0 Å². The molecule has 0 fully saturated rings. The summed E-state index contributed by atoms with van der Waals surface area (Å²) < 4.78 is 1.48. The van der Waals surface area contributed by atoms with Crippen molar-refractivity contribution in [3.05, 3.63) is 30.3 Å². The summed E-state index contributed by atoms with van der Waals surface area (Å²) in [7, 11) is 4.23. The molecular weight excluding hydrogens is 245 g/mol. The monoisotopic (exact) mass is 257 g/mol. The molecule has 0 heterocycles. The Morgan fingerprint density at radius 1 is 1.08 bits per heavy atom. The fraction of sp³-hybridized carbons (Fsp3) is 0.333. The van der Waals surface area contributed by atoms with Crippen LogP contribution < -0.4 is 29.2 Å². The first kappa shape index (κ1) is 15.8. The zero-order valence-electron chi connectivity index (χ0n) is 7.71. The molecule has 74 valence electrons. The molecular formula is C9H13Cl2CrN. The zero-order chi connectivity index (χ0) is 8.10. The van der Waals surface area contributed by atoms with E-state index >= 15 is 0 Å². The van der Waals surface area contributed by atoms with E-state index < -0.39 is 0 Å². The summed E-state index contributed by atoms with van der Waals surface area (Å²) in [5.41, 5.74) is 0. The Hall–Kier alpha value is 0.292. The molecule has 1 aromatic carbocycles. The van der Waals surface area contributed by atoms with Gasteiger partial charge in [-0.2, -0.15) is 0 Å². The fourth-order valence-corrected chi connectivity index (χ4v) is 1.90. The van der Waals surface area contributed by atoms with Gasteiger partial charge >= 0.3 is 74.4 Å². The van der Waals surface area contributed by atoms with E-state index in [4.69, 9.17) is 0 Å². The Morgan fingerprint density at radius 2 is 1.62 bits per heavy atom. The second kappa shape index (κ2) is 8.87. The van der Waals surface area contributed by atoms with Gasteiger partial charge in [0.25, 0.3) is 0 Å². The second-order valence-corrected chi connectivity index (χ2v) is 4.26. The van der Waals surface area contributed by atoms with Crippen LogP contribution in [0.25, 0.3) is 0 Å². The Labute approximate surface area is 99.0 Å². The van der Waals surface area contributed by atoms with Gasteiger partial charge in [0.15, 0.2) is 0 Å². The van der Waals surface area contributed by atoms with Gasteiger partial charge in [0.05, 0.1) is 0 Å². The SMILES string of the molecule is CN(C)[CH2][Cr+2][c]1ccccc1.[Cl-].[Cl-]. The molecule has 1 nitrogen and oxygen atoms in total. The summed E-state index contributed by atoms with van der Waals surface area (Å²) in [6, 6.07) is 10.7. The minimum absolute atomic E-state index is 0. The number of benzene rings is 1. The standard InChI is InChI=1S/C6H5.C3H8N.2ClH.Cr/c1-2-4-6-5-3-1;1-4(2)3;;;/h1-5H;1H2,2-3H3;2*1H;/q;;;;+2/p-2. The molecule has 0 N–H and O–H groups in total.